The minimum absolute atomic E-state index is 0.611. The lowest BCUT2D eigenvalue weighted by molar-refractivity contribution is 1.08. The fourth-order valence-corrected chi connectivity index (χ4v) is 9.88. The van der Waals surface area contributed by atoms with Crippen LogP contribution in [0, 0.1) is 0 Å². The Labute approximate surface area is 318 Å². The zero-order chi connectivity index (χ0) is 35.6. The zero-order valence-corrected chi connectivity index (χ0v) is 30.4. The molecule has 0 aliphatic rings. The van der Waals surface area contributed by atoms with Gasteiger partial charge in [-0.3, -0.25) is 0 Å². The van der Waals surface area contributed by atoms with E-state index in [1.807, 2.05) is 6.07 Å². The maximum absolute atomic E-state index is 5.47. The molecule has 0 fully saturated rings. The fraction of sp³-hybridized carbons (Fsp3) is 0. The highest BCUT2D eigenvalue weighted by molar-refractivity contribution is 7.27. The number of nitrogens with zero attached hydrogens (tertiary/aromatic N) is 4. The van der Waals surface area contributed by atoms with Gasteiger partial charge in [-0.05, 0) is 51.4 Å². The first-order chi connectivity index (χ1) is 26.7. The number of benzene rings is 8. The third-order valence-corrected chi connectivity index (χ3v) is 12.3. The van der Waals surface area contributed by atoms with Crippen molar-refractivity contribution in [3.8, 4) is 55.9 Å². The summed E-state index contributed by atoms with van der Waals surface area (Å²) in [7, 11) is 0. The Morgan fingerprint density at radius 2 is 1.00 bits per heavy atom. The monoisotopic (exact) mass is 724 g/mol. The second kappa shape index (κ2) is 12.5. The van der Waals surface area contributed by atoms with E-state index in [1.165, 1.54) is 20.2 Å². The predicted octanol–water partition coefficient (Wildman–Crippen LogP) is 13.5. The van der Waals surface area contributed by atoms with Gasteiger partial charge in [0.15, 0.2) is 17.5 Å². The molecule has 4 nitrogen and oxygen atoms in total. The third kappa shape index (κ3) is 5.11. The number of hydrogen-bond donors (Lipinski definition) is 0. The van der Waals surface area contributed by atoms with Crippen molar-refractivity contribution in [3.05, 3.63) is 170 Å². The van der Waals surface area contributed by atoms with Crippen molar-refractivity contribution in [1.82, 2.24) is 19.9 Å². The summed E-state index contributed by atoms with van der Waals surface area (Å²) in [6.07, 6.45) is 0. The second-order valence-corrected chi connectivity index (χ2v) is 15.5. The van der Waals surface area contributed by atoms with E-state index in [0.717, 1.165) is 70.1 Å². The maximum Gasteiger partial charge on any atom is 0.167 e. The lowest BCUT2D eigenvalue weighted by Crippen LogP contribution is -2.02. The van der Waals surface area contributed by atoms with Crippen LogP contribution in [0.3, 0.4) is 0 Å². The van der Waals surface area contributed by atoms with Crippen LogP contribution >= 0.6 is 22.7 Å². The molecule has 0 spiro atoms. The van der Waals surface area contributed by atoms with Crippen molar-refractivity contribution in [3.63, 3.8) is 0 Å². The van der Waals surface area contributed by atoms with Gasteiger partial charge in [-0.25, -0.2) is 19.9 Å². The quantitative estimate of drug-likeness (QED) is 0.177. The number of fused-ring (bicyclic) bond motifs is 6. The molecule has 3 aromatic heterocycles. The van der Waals surface area contributed by atoms with Crippen molar-refractivity contribution in [2.75, 3.05) is 0 Å². The van der Waals surface area contributed by atoms with E-state index in [9.17, 15) is 0 Å². The number of rotatable bonds is 5. The summed E-state index contributed by atoms with van der Waals surface area (Å²) in [5, 5.41) is 7.88. The average molecular weight is 725 g/mol. The third-order valence-electron chi connectivity index (χ3n) is 10.1. The van der Waals surface area contributed by atoms with Crippen LogP contribution < -0.4 is 0 Å². The normalized spacial score (nSPS) is 11.7. The highest BCUT2D eigenvalue weighted by Gasteiger charge is 2.24. The summed E-state index contributed by atoms with van der Waals surface area (Å²) >= 11 is 3.51. The summed E-state index contributed by atoms with van der Waals surface area (Å²) in [5.74, 6) is 1.85. The van der Waals surface area contributed by atoms with Gasteiger partial charge >= 0.3 is 0 Å². The van der Waals surface area contributed by atoms with E-state index >= 15 is 0 Å². The van der Waals surface area contributed by atoms with E-state index in [0.29, 0.717) is 17.5 Å². The summed E-state index contributed by atoms with van der Waals surface area (Å²) in [4.78, 5) is 21.6. The molecule has 54 heavy (non-hydrogen) atoms. The van der Waals surface area contributed by atoms with Crippen LogP contribution in [-0.2, 0) is 0 Å². The Bertz CT molecular complexity index is 3220. The van der Waals surface area contributed by atoms with Gasteiger partial charge in [-0.1, -0.05) is 146 Å². The Morgan fingerprint density at radius 1 is 0.352 bits per heavy atom. The molecule has 6 heteroatoms. The molecule has 252 valence electrons. The average Bonchev–Trinajstić information content (AvgIpc) is 3.84. The maximum atomic E-state index is 5.47. The van der Waals surface area contributed by atoms with Crippen molar-refractivity contribution >= 4 is 74.6 Å². The minimum atomic E-state index is 0.611. The molecule has 0 saturated heterocycles. The molecule has 8 aromatic carbocycles. The number of thiophene rings is 1. The largest absolute Gasteiger partial charge is 0.235 e. The summed E-state index contributed by atoms with van der Waals surface area (Å²) < 4.78 is 3.51. The van der Waals surface area contributed by atoms with Gasteiger partial charge in [-0.2, -0.15) is 0 Å². The minimum Gasteiger partial charge on any atom is -0.235 e. The van der Waals surface area contributed by atoms with Crippen LogP contribution in [0.4, 0.5) is 0 Å². The van der Waals surface area contributed by atoms with Gasteiger partial charge < -0.3 is 0 Å². The number of hydrogen-bond acceptors (Lipinski definition) is 6. The van der Waals surface area contributed by atoms with Gasteiger partial charge in [0.25, 0.3) is 0 Å². The summed E-state index contributed by atoms with van der Waals surface area (Å²) in [6.45, 7) is 0. The highest BCUT2D eigenvalue weighted by Crippen LogP contribution is 2.46. The molecule has 0 radical (unpaired) electrons. The molecule has 0 aliphatic carbocycles. The van der Waals surface area contributed by atoms with E-state index in [1.54, 1.807) is 22.7 Å². The highest BCUT2D eigenvalue weighted by atomic mass is 32.1. The molecule has 0 saturated carbocycles. The van der Waals surface area contributed by atoms with Gasteiger partial charge in [0.1, 0.15) is 5.01 Å². The Hall–Kier alpha value is -6.60. The fourth-order valence-electron chi connectivity index (χ4n) is 7.63. The predicted molar refractivity (Wildman–Crippen MR) is 228 cm³/mol. The van der Waals surface area contributed by atoms with Crippen LogP contribution in [0.2, 0.25) is 0 Å². The first-order valence-electron chi connectivity index (χ1n) is 17.9. The van der Waals surface area contributed by atoms with Gasteiger partial charge in [-0.15, -0.1) is 22.7 Å². The number of aromatic nitrogens is 4. The molecule has 0 bridgehead atoms. The lowest BCUT2D eigenvalue weighted by atomic mass is 9.93. The zero-order valence-electron chi connectivity index (χ0n) is 28.8. The van der Waals surface area contributed by atoms with Crippen LogP contribution in [0.15, 0.2) is 170 Å². The van der Waals surface area contributed by atoms with E-state index < -0.39 is 0 Å². The van der Waals surface area contributed by atoms with Crippen molar-refractivity contribution in [2.24, 2.45) is 0 Å². The molecule has 0 unspecified atom stereocenters. The van der Waals surface area contributed by atoms with E-state index in [2.05, 4.69) is 164 Å². The lowest BCUT2D eigenvalue weighted by Gasteiger charge is -2.15. The second-order valence-electron chi connectivity index (χ2n) is 13.4. The molecule has 0 N–H and O–H groups in total. The first-order valence-corrected chi connectivity index (χ1v) is 19.5. The van der Waals surface area contributed by atoms with E-state index in [-0.39, 0.29) is 0 Å². The SMILES string of the molecule is c1ccc(-c2nc3c(-c4nc(-c5ccc6ccccc6c5)nc(-c5ccc6ccccc6c5-c5ccccc5)n4)c4c(cc3s2)sc2ccccc24)cc1. The standard InChI is InChI=1S/C48H28N4S2/c1-3-15-31(16-4-1)41-35-20-10-9-14-30(35)25-26-37(41)46-50-45(34-24-23-29-13-7-8-19-33(29)27-34)51-47(52-46)43-42-36-21-11-12-22-38(36)53-39(42)28-40-44(43)49-48(54-40)32-17-5-2-6-18-32/h1-28H. The molecule has 0 atom stereocenters. The molecule has 0 aliphatic heterocycles. The Morgan fingerprint density at radius 3 is 1.83 bits per heavy atom. The van der Waals surface area contributed by atoms with Crippen LogP contribution in [0.25, 0.3) is 108 Å². The van der Waals surface area contributed by atoms with E-state index in [4.69, 9.17) is 19.9 Å². The molecular formula is C48H28N4S2. The molecular weight excluding hydrogens is 697 g/mol. The van der Waals surface area contributed by atoms with Gasteiger partial charge in [0.05, 0.1) is 15.8 Å². The van der Waals surface area contributed by atoms with Crippen molar-refractivity contribution in [2.45, 2.75) is 0 Å². The first kappa shape index (κ1) is 31.0. The topological polar surface area (TPSA) is 51.6 Å². The summed E-state index contributed by atoms with van der Waals surface area (Å²) in [5.41, 5.74) is 7.02. The molecule has 11 aromatic rings. The molecule has 0 amide bonds. The smallest absolute Gasteiger partial charge is 0.167 e. The Kier molecular flexibility index (Phi) is 7.18. The van der Waals surface area contributed by atoms with Crippen LogP contribution in [0.1, 0.15) is 0 Å². The summed E-state index contributed by atoms with van der Waals surface area (Å²) in [6, 6.07) is 59.7. The van der Waals surface area contributed by atoms with Gasteiger partial charge in [0.2, 0.25) is 0 Å². The van der Waals surface area contributed by atoms with Crippen LogP contribution in [0.5, 0.6) is 0 Å². The van der Waals surface area contributed by atoms with Crippen molar-refractivity contribution in [1.29, 1.82) is 0 Å². The number of thiazole rings is 1. The van der Waals surface area contributed by atoms with Crippen molar-refractivity contribution < 1.29 is 0 Å². The molecule has 3 heterocycles. The Balaban J connectivity index is 1.26. The van der Waals surface area contributed by atoms with Gasteiger partial charge in [0, 0.05) is 42.4 Å². The molecule has 11 rings (SSSR count). The van der Waals surface area contributed by atoms with Crippen LogP contribution in [-0.4, -0.2) is 19.9 Å².